The Labute approximate surface area is 105 Å². The number of ether oxygens (including phenoxy) is 1. The molecule has 0 aliphatic heterocycles. The normalized spacial score (nSPS) is 10.3. The Morgan fingerprint density at radius 3 is 2.53 bits per heavy atom. The van der Waals surface area contributed by atoms with Crippen LogP contribution in [-0.4, -0.2) is 6.29 Å². The van der Waals surface area contributed by atoms with Crippen LogP contribution in [0, 0.1) is 20.8 Å². The fraction of sp³-hybridized carbons (Fsp3) is 0.214. The van der Waals surface area contributed by atoms with Crippen molar-refractivity contribution in [2.75, 3.05) is 0 Å². The van der Waals surface area contributed by atoms with E-state index in [0.717, 1.165) is 28.9 Å². The number of carbonyl (C=O) groups excluding carboxylic acids is 1. The van der Waals surface area contributed by atoms with Gasteiger partial charge in [-0.2, -0.15) is 0 Å². The number of aryl methyl sites for hydroxylation is 2. The van der Waals surface area contributed by atoms with E-state index >= 15 is 0 Å². The molecule has 0 atom stereocenters. The van der Waals surface area contributed by atoms with Crippen LogP contribution >= 0.6 is 11.3 Å². The van der Waals surface area contributed by atoms with Gasteiger partial charge in [0.25, 0.3) is 0 Å². The molecule has 0 radical (unpaired) electrons. The van der Waals surface area contributed by atoms with Crippen LogP contribution in [0.1, 0.15) is 26.4 Å². The van der Waals surface area contributed by atoms with Crippen molar-refractivity contribution >= 4 is 17.6 Å². The maximum atomic E-state index is 10.6. The van der Waals surface area contributed by atoms with Gasteiger partial charge in [-0.05, 0) is 37.5 Å². The highest BCUT2D eigenvalue weighted by Crippen LogP contribution is 2.32. The van der Waals surface area contributed by atoms with Crippen LogP contribution < -0.4 is 4.74 Å². The summed E-state index contributed by atoms with van der Waals surface area (Å²) < 4.78 is 5.85. The Morgan fingerprint density at radius 2 is 1.88 bits per heavy atom. The molecule has 1 heterocycles. The van der Waals surface area contributed by atoms with Gasteiger partial charge in [0.1, 0.15) is 11.5 Å². The maximum Gasteiger partial charge on any atom is 0.160 e. The molecule has 2 aromatic rings. The van der Waals surface area contributed by atoms with Crippen LogP contribution in [0.15, 0.2) is 23.6 Å². The summed E-state index contributed by atoms with van der Waals surface area (Å²) in [5.41, 5.74) is 3.45. The van der Waals surface area contributed by atoms with Gasteiger partial charge in [-0.1, -0.05) is 12.1 Å². The highest BCUT2D eigenvalue weighted by Gasteiger charge is 2.08. The van der Waals surface area contributed by atoms with Crippen molar-refractivity contribution in [3.8, 4) is 11.5 Å². The van der Waals surface area contributed by atoms with Gasteiger partial charge < -0.3 is 4.74 Å². The molecule has 0 amide bonds. The minimum absolute atomic E-state index is 0.683. The summed E-state index contributed by atoms with van der Waals surface area (Å²) in [4.78, 5) is 11.3. The largest absolute Gasteiger partial charge is 0.456 e. The summed E-state index contributed by atoms with van der Waals surface area (Å²) in [5, 5.41) is 1.85. The Balaban J connectivity index is 2.35. The molecular weight excluding hydrogens is 232 g/mol. The van der Waals surface area contributed by atoms with E-state index in [-0.39, 0.29) is 0 Å². The van der Waals surface area contributed by atoms with Crippen molar-refractivity contribution in [2.45, 2.75) is 20.8 Å². The van der Waals surface area contributed by atoms with E-state index in [1.807, 2.05) is 25.3 Å². The van der Waals surface area contributed by atoms with Crippen molar-refractivity contribution in [1.82, 2.24) is 0 Å². The third-order valence-corrected chi connectivity index (χ3v) is 3.64. The second kappa shape index (κ2) is 4.72. The van der Waals surface area contributed by atoms with Gasteiger partial charge in [-0.25, -0.2) is 0 Å². The topological polar surface area (TPSA) is 26.3 Å². The monoisotopic (exact) mass is 246 g/mol. The standard InChI is InChI=1S/C14H14O2S/c1-9-4-5-10(2)14(11(9)3)16-12-6-13(7-15)17-8-12/h4-8H,1-3H3. The molecule has 2 nitrogen and oxygen atoms in total. The summed E-state index contributed by atoms with van der Waals surface area (Å²) in [7, 11) is 0. The third kappa shape index (κ3) is 2.39. The molecule has 88 valence electrons. The smallest absolute Gasteiger partial charge is 0.160 e. The van der Waals surface area contributed by atoms with E-state index in [2.05, 4.69) is 13.0 Å². The van der Waals surface area contributed by atoms with Gasteiger partial charge in [0.05, 0.1) is 4.88 Å². The molecule has 0 aliphatic rings. The minimum Gasteiger partial charge on any atom is -0.456 e. The third-order valence-electron chi connectivity index (χ3n) is 2.81. The quantitative estimate of drug-likeness (QED) is 0.756. The molecule has 0 unspecified atom stereocenters. The summed E-state index contributed by atoms with van der Waals surface area (Å²) in [6.45, 7) is 6.13. The second-order valence-electron chi connectivity index (χ2n) is 4.06. The van der Waals surface area contributed by atoms with Crippen molar-refractivity contribution in [3.63, 3.8) is 0 Å². The fourth-order valence-electron chi connectivity index (χ4n) is 1.65. The number of rotatable bonds is 3. The Kier molecular flexibility index (Phi) is 3.29. The van der Waals surface area contributed by atoms with Crippen LogP contribution in [0.25, 0.3) is 0 Å². The zero-order chi connectivity index (χ0) is 12.4. The first-order chi connectivity index (χ1) is 8.11. The lowest BCUT2D eigenvalue weighted by Crippen LogP contribution is -1.92. The molecule has 0 bridgehead atoms. The highest BCUT2D eigenvalue weighted by molar-refractivity contribution is 7.11. The molecule has 0 saturated carbocycles. The van der Waals surface area contributed by atoms with E-state index in [9.17, 15) is 4.79 Å². The first-order valence-corrected chi connectivity index (χ1v) is 6.28. The zero-order valence-corrected chi connectivity index (χ0v) is 10.9. The lowest BCUT2D eigenvalue weighted by Gasteiger charge is -2.12. The number of thiophene rings is 1. The SMILES string of the molecule is Cc1ccc(C)c(Oc2csc(C=O)c2)c1C. The molecule has 17 heavy (non-hydrogen) atoms. The van der Waals surface area contributed by atoms with Gasteiger partial charge in [-0.15, -0.1) is 11.3 Å². The molecule has 0 spiro atoms. The average Bonchev–Trinajstić information content (AvgIpc) is 2.77. The molecule has 0 N–H and O–H groups in total. The van der Waals surface area contributed by atoms with Gasteiger partial charge >= 0.3 is 0 Å². The Hall–Kier alpha value is -1.61. The average molecular weight is 246 g/mol. The predicted octanol–water partition coefficient (Wildman–Crippen LogP) is 4.28. The van der Waals surface area contributed by atoms with Crippen LogP contribution in [-0.2, 0) is 0 Å². The number of aldehydes is 1. The van der Waals surface area contributed by atoms with E-state index in [1.165, 1.54) is 16.9 Å². The first-order valence-electron chi connectivity index (χ1n) is 5.40. The fourth-order valence-corrected chi connectivity index (χ4v) is 2.26. The summed E-state index contributed by atoms with van der Waals surface area (Å²) in [6, 6.07) is 5.89. The van der Waals surface area contributed by atoms with Crippen molar-refractivity contribution in [3.05, 3.63) is 45.1 Å². The van der Waals surface area contributed by atoms with Crippen LogP contribution in [0.5, 0.6) is 11.5 Å². The predicted molar refractivity (Wildman–Crippen MR) is 70.4 cm³/mol. The van der Waals surface area contributed by atoms with Crippen LogP contribution in [0.2, 0.25) is 0 Å². The van der Waals surface area contributed by atoms with Gasteiger partial charge in [-0.3, -0.25) is 4.79 Å². The van der Waals surface area contributed by atoms with Crippen molar-refractivity contribution in [2.24, 2.45) is 0 Å². The molecule has 0 fully saturated rings. The van der Waals surface area contributed by atoms with E-state index in [0.29, 0.717) is 4.88 Å². The van der Waals surface area contributed by atoms with E-state index < -0.39 is 0 Å². The maximum absolute atomic E-state index is 10.6. The summed E-state index contributed by atoms with van der Waals surface area (Å²) in [5.74, 6) is 1.62. The number of hydrogen-bond acceptors (Lipinski definition) is 3. The Bertz CT molecular complexity index is 555. The van der Waals surface area contributed by atoms with Crippen molar-refractivity contribution < 1.29 is 9.53 Å². The van der Waals surface area contributed by atoms with Gasteiger partial charge in [0.2, 0.25) is 0 Å². The summed E-state index contributed by atoms with van der Waals surface area (Å²) in [6.07, 6.45) is 0.841. The highest BCUT2D eigenvalue weighted by atomic mass is 32.1. The molecule has 1 aromatic heterocycles. The molecule has 3 heteroatoms. The number of hydrogen-bond donors (Lipinski definition) is 0. The number of benzene rings is 1. The van der Waals surface area contributed by atoms with E-state index in [4.69, 9.17) is 4.74 Å². The molecule has 1 aromatic carbocycles. The van der Waals surface area contributed by atoms with Crippen LogP contribution in [0.3, 0.4) is 0 Å². The number of carbonyl (C=O) groups is 1. The summed E-state index contributed by atoms with van der Waals surface area (Å²) >= 11 is 1.39. The van der Waals surface area contributed by atoms with Crippen molar-refractivity contribution in [1.29, 1.82) is 0 Å². The Morgan fingerprint density at radius 1 is 1.18 bits per heavy atom. The lowest BCUT2D eigenvalue weighted by atomic mass is 10.1. The molecular formula is C14H14O2S. The molecule has 0 saturated heterocycles. The molecule has 0 aliphatic carbocycles. The zero-order valence-electron chi connectivity index (χ0n) is 10.1. The van der Waals surface area contributed by atoms with Gasteiger partial charge in [0, 0.05) is 11.4 Å². The minimum atomic E-state index is 0.683. The molecule has 2 rings (SSSR count). The lowest BCUT2D eigenvalue weighted by molar-refractivity contribution is 0.112. The van der Waals surface area contributed by atoms with Crippen LogP contribution in [0.4, 0.5) is 0 Å². The van der Waals surface area contributed by atoms with Gasteiger partial charge in [0.15, 0.2) is 6.29 Å². The van der Waals surface area contributed by atoms with E-state index in [1.54, 1.807) is 6.07 Å². The second-order valence-corrected chi connectivity index (χ2v) is 5.00. The first kappa shape index (κ1) is 11.9.